The van der Waals surface area contributed by atoms with Gasteiger partial charge in [-0.1, -0.05) is 61.5 Å². The van der Waals surface area contributed by atoms with Crippen molar-refractivity contribution in [2.45, 2.75) is 32.5 Å². The maximum absolute atomic E-state index is 13.5. The molecule has 0 aromatic heterocycles. The molecule has 1 heterocycles. The highest BCUT2D eigenvalue weighted by Gasteiger charge is 2.33. The summed E-state index contributed by atoms with van der Waals surface area (Å²) in [6.45, 7) is 5.97. The highest BCUT2D eigenvalue weighted by Crippen LogP contribution is 2.31. The maximum atomic E-state index is 13.5. The molecule has 3 atom stereocenters. The Morgan fingerprint density at radius 1 is 1.00 bits per heavy atom. The van der Waals surface area contributed by atoms with Gasteiger partial charge in [-0.3, -0.25) is 9.69 Å². The zero-order valence-corrected chi connectivity index (χ0v) is 22.6. The van der Waals surface area contributed by atoms with E-state index >= 15 is 0 Å². The van der Waals surface area contributed by atoms with Crippen LogP contribution < -0.4 is 9.64 Å². The van der Waals surface area contributed by atoms with E-state index < -0.39 is 0 Å². The molecule has 3 aromatic rings. The predicted molar refractivity (Wildman–Crippen MR) is 150 cm³/mol. The lowest BCUT2D eigenvalue weighted by Crippen LogP contribution is -2.49. The smallest absolute Gasteiger partial charge is 0.258 e. The molecule has 0 radical (unpaired) electrons. The van der Waals surface area contributed by atoms with Crippen molar-refractivity contribution in [1.29, 1.82) is 0 Å². The Balaban J connectivity index is 1.53. The van der Waals surface area contributed by atoms with E-state index in [-0.39, 0.29) is 30.6 Å². The quantitative estimate of drug-likeness (QED) is 0.482. The van der Waals surface area contributed by atoms with Crippen LogP contribution in [0.15, 0.2) is 72.8 Å². The number of carbonyl (C=O) groups is 1. The van der Waals surface area contributed by atoms with Crippen LogP contribution in [-0.2, 0) is 6.54 Å². The van der Waals surface area contributed by atoms with Crippen LogP contribution in [0, 0.1) is 5.92 Å². The topological polar surface area (TPSA) is 56.3 Å². The number of fused-ring (bicyclic) bond motifs is 1. The van der Waals surface area contributed by atoms with Gasteiger partial charge in [-0.15, -0.1) is 0 Å². The number of carbonyl (C=O) groups excluding carboxylic acids is 1. The Morgan fingerprint density at radius 3 is 2.32 bits per heavy atom. The molecule has 6 nitrogen and oxygen atoms in total. The highest BCUT2D eigenvalue weighted by atomic mass is 16.5. The van der Waals surface area contributed by atoms with E-state index in [0.29, 0.717) is 24.4 Å². The van der Waals surface area contributed by atoms with Crippen molar-refractivity contribution in [3.63, 3.8) is 0 Å². The summed E-state index contributed by atoms with van der Waals surface area (Å²) in [6, 6.07) is 24.6. The van der Waals surface area contributed by atoms with Crippen molar-refractivity contribution in [2.24, 2.45) is 5.92 Å². The van der Waals surface area contributed by atoms with Crippen LogP contribution in [0.2, 0.25) is 0 Å². The Bertz CT molecular complexity index is 1180. The molecule has 6 heteroatoms. The number of aliphatic hydroxyl groups excluding tert-OH is 1. The second kappa shape index (κ2) is 11.8. The lowest BCUT2D eigenvalue weighted by atomic mass is 9.99. The average molecular weight is 502 g/mol. The lowest BCUT2D eigenvalue weighted by Gasteiger charge is -2.38. The van der Waals surface area contributed by atoms with Gasteiger partial charge in [0.1, 0.15) is 11.9 Å². The van der Waals surface area contributed by atoms with Crippen LogP contribution in [-0.4, -0.2) is 73.8 Å². The minimum absolute atomic E-state index is 0.0778. The van der Waals surface area contributed by atoms with Gasteiger partial charge >= 0.3 is 0 Å². The number of rotatable bonds is 8. The first-order valence-corrected chi connectivity index (χ1v) is 13.0. The van der Waals surface area contributed by atoms with Crippen LogP contribution in [0.3, 0.4) is 0 Å². The largest absolute Gasteiger partial charge is 0.488 e. The summed E-state index contributed by atoms with van der Waals surface area (Å²) >= 11 is 0. The second-order valence-electron chi connectivity index (χ2n) is 10.5. The van der Waals surface area contributed by atoms with Gasteiger partial charge in [-0.25, -0.2) is 0 Å². The summed E-state index contributed by atoms with van der Waals surface area (Å²) < 4.78 is 6.53. The molecule has 1 N–H and O–H groups in total. The minimum Gasteiger partial charge on any atom is -0.488 e. The van der Waals surface area contributed by atoms with Crippen molar-refractivity contribution < 1.29 is 14.6 Å². The number of likely N-dealkylation sites (N-methyl/N-ethyl adjacent to an activating group) is 1. The fourth-order valence-electron chi connectivity index (χ4n) is 4.82. The van der Waals surface area contributed by atoms with Crippen molar-refractivity contribution in [3.8, 4) is 16.9 Å². The number of anilines is 1. The summed E-state index contributed by atoms with van der Waals surface area (Å²) in [5, 5.41) is 9.87. The Hall–Kier alpha value is -3.35. The standard InChI is InChI=1S/C31H39N3O3/c1-22-18-34(23(2)21-35)31(36)28-17-27(32(3)4)15-16-29(28)37-30(22)20-33(5)19-24-11-13-26(14-12-24)25-9-7-6-8-10-25/h6-17,22-23,30,35H,18-21H2,1-5H3/t22-,23-,30-/m0/s1. The molecular weight excluding hydrogens is 462 g/mol. The molecule has 0 bridgehead atoms. The van der Waals surface area contributed by atoms with Gasteiger partial charge < -0.3 is 19.6 Å². The average Bonchev–Trinajstić information content (AvgIpc) is 2.90. The summed E-state index contributed by atoms with van der Waals surface area (Å²) in [4.78, 5) is 19.6. The second-order valence-corrected chi connectivity index (χ2v) is 10.5. The molecule has 0 aliphatic carbocycles. The molecule has 4 rings (SSSR count). The predicted octanol–water partition coefficient (Wildman–Crippen LogP) is 4.77. The Morgan fingerprint density at radius 2 is 1.68 bits per heavy atom. The summed E-state index contributed by atoms with van der Waals surface area (Å²) in [6.07, 6.45) is -0.112. The van der Waals surface area contributed by atoms with Gasteiger partial charge in [0.2, 0.25) is 0 Å². The number of benzene rings is 3. The number of hydrogen-bond donors (Lipinski definition) is 1. The number of nitrogens with zero attached hydrogens (tertiary/aromatic N) is 3. The van der Waals surface area contributed by atoms with Gasteiger partial charge in [0.25, 0.3) is 5.91 Å². The van der Waals surface area contributed by atoms with Crippen molar-refractivity contribution in [3.05, 3.63) is 83.9 Å². The fourth-order valence-corrected chi connectivity index (χ4v) is 4.82. The summed E-state index contributed by atoms with van der Waals surface area (Å²) in [5.41, 5.74) is 5.14. The first-order chi connectivity index (χ1) is 17.8. The zero-order chi connectivity index (χ0) is 26.5. The first kappa shape index (κ1) is 26.7. The molecule has 1 aliphatic heterocycles. The third-order valence-corrected chi connectivity index (χ3v) is 7.17. The molecule has 196 valence electrons. The van der Waals surface area contributed by atoms with Crippen LogP contribution in [0.5, 0.6) is 5.75 Å². The molecule has 0 fully saturated rings. The molecule has 0 saturated carbocycles. The van der Waals surface area contributed by atoms with E-state index in [1.54, 1.807) is 4.90 Å². The van der Waals surface area contributed by atoms with E-state index in [9.17, 15) is 9.90 Å². The van der Waals surface area contributed by atoms with Gasteiger partial charge in [0.05, 0.1) is 18.2 Å². The molecule has 37 heavy (non-hydrogen) atoms. The van der Waals surface area contributed by atoms with Crippen molar-refractivity contribution >= 4 is 11.6 Å². The number of hydrogen-bond acceptors (Lipinski definition) is 5. The molecule has 0 unspecified atom stereocenters. The SMILES string of the molecule is C[C@H]1CN([C@@H](C)CO)C(=O)c2cc(N(C)C)ccc2O[C@H]1CN(C)Cc1ccc(-c2ccccc2)cc1. The number of aliphatic hydroxyl groups is 1. The zero-order valence-electron chi connectivity index (χ0n) is 22.6. The highest BCUT2D eigenvalue weighted by molar-refractivity contribution is 5.98. The van der Waals surface area contributed by atoms with Gasteiger partial charge in [-0.2, -0.15) is 0 Å². The molecule has 1 amide bonds. The van der Waals surface area contributed by atoms with Gasteiger partial charge in [-0.05, 0) is 48.9 Å². The maximum Gasteiger partial charge on any atom is 0.258 e. The molecule has 0 saturated heterocycles. The normalized spacial score (nSPS) is 18.6. The molecular formula is C31H39N3O3. The molecule has 0 spiro atoms. The van der Waals surface area contributed by atoms with Crippen molar-refractivity contribution in [1.82, 2.24) is 9.80 Å². The number of amides is 1. The Labute approximate surface area is 221 Å². The minimum atomic E-state index is -0.273. The number of ether oxygens (including phenoxy) is 1. The van der Waals surface area contributed by atoms with Crippen LogP contribution in [0.1, 0.15) is 29.8 Å². The first-order valence-electron chi connectivity index (χ1n) is 13.0. The van der Waals surface area contributed by atoms with E-state index in [1.807, 2.05) is 50.2 Å². The molecule has 1 aliphatic rings. The van der Waals surface area contributed by atoms with Crippen molar-refractivity contribution in [2.75, 3.05) is 45.7 Å². The van der Waals surface area contributed by atoms with E-state index in [0.717, 1.165) is 12.2 Å². The Kier molecular flexibility index (Phi) is 8.52. The fraction of sp³-hybridized carbons (Fsp3) is 0.387. The van der Waals surface area contributed by atoms with E-state index in [4.69, 9.17) is 4.74 Å². The van der Waals surface area contributed by atoms with Crippen LogP contribution in [0.4, 0.5) is 5.69 Å². The monoisotopic (exact) mass is 501 g/mol. The lowest BCUT2D eigenvalue weighted by molar-refractivity contribution is 0.0341. The third-order valence-electron chi connectivity index (χ3n) is 7.17. The van der Waals surface area contributed by atoms with Crippen LogP contribution >= 0.6 is 0 Å². The van der Waals surface area contributed by atoms with Gasteiger partial charge in [0, 0.05) is 45.3 Å². The van der Waals surface area contributed by atoms with E-state index in [1.165, 1.54) is 16.7 Å². The van der Waals surface area contributed by atoms with E-state index in [2.05, 4.69) is 67.4 Å². The van der Waals surface area contributed by atoms with Gasteiger partial charge in [0.15, 0.2) is 0 Å². The summed E-state index contributed by atoms with van der Waals surface area (Å²) in [7, 11) is 6.02. The van der Waals surface area contributed by atoms with Crippen LogP contribution in [0.25, 0.3) is 11.1 Å². The molecule has 3 aromatic carbocycles. The third kappa shape index (κ3) is 6.32. The summed E-state index contributed by atoms with van der Waals surface area (Å²) in [5.74, 6) is 0.586.